The number of anilines is 2. The predicted octanol–water partition coefficient (Wildman–Crippen LogP) is 3.19. The van der Waals surface area contributed by atoms with Crippen LogP contribution in [-0.4, -0.2) is 39.7 Å². The molecule has 0 aromatic heterocycles. The Kier molecular flexibility index (Phi) is 5.53. The smallest absolute Gasteiger partial charge is 0.229 e. The van der Waals surface area contributed by atoms with E-state index >= 15 is 0 Å². The lowest BCUT2D eigenvalue weighted by Gasteiger charge is -2.20. The molecular weight excluding hydrogens is 384 g/mol. The lowest BCUT2D eigenvalue weighted by molar-refractivity contribution is -0.122. The number of rotatable bonds is 6. The first-order valence-corrected chi connectivity index (χ1v) is 10.1. The van der Waals surface area contributed by atoms with Crippen LogP contribution in [0.25, 0.3) is 0 Å². The molecule has 158 valence electrons. The molecule has 0 radical (unpaired) electrons. The number of aryl methyl sites for hydroxylation is 2. The van der Waals surface area contributed by atoms with E-state index in [9.17, 15) is 9.59 Å². The van der Waals surface area contributed by atoms with Crippen molar-refractivity contribution >= 4 is 23.2 Å². The summed E-state index contributed by atoms with van der Waals surface area (Å²) in [5, 5.41) is 2.98. The number of amides is 2. The summed E-state index contributed by atoms with van der Waals surface area (Å²) in [6.45, 7) is 0.300. The first-order valence-electron chi connectivity index (χ1n) is 10.1. The Balaban J connectivity index is 1.51. The number of benzene rings is 2. The fourth-order valence-electron chi connectivity index (χ4n) is 4.25. The molecule has 2 aromatic rings. The number of nitrogens with one attached hydrogen (secondary N) is 1. The third-order valence-corrected chi connectivity index (χ3v) is 5.82. The van der Waals surface area contributed by atoms with Crippen molar-refractivity contribution in [2.24, 2.45) is 5.92 Å². The number of ether oxygens (including phenoxy) is 3. The maximum Gasteiger partial charge on any atom is 0.229 e. The van der Waals surface area contributed by atoms with Crippen LogP contribution in [0.15, 0.2) is 30.3 Å². The van der Waals surface area contributed by atoms with Gasteiger partial charge in [0.05, 0.1) is 32.9 Å². The van der Waals surface area contributed by atoms with Crippen LogP contribution in [0.2, 0.25) is 0 Å². The maximum atomic E-state index is 12.8. The zero-order valence-electron chi connectivity index (χ0n) is 17.5. The summed E-state index contributed by atoms with van der Waals surface area (Å²) in [5.41, 5.74) is 4.06. The molecule has 7 nitrogen and oxygen atoms in total. The molecule has 1 aliphatic heterocycles. The second-order valence-corrected chi connectivity index (χ2v) is 7.62. The van der Waals surface area contributed by atoms with Gasteiger partial charge in [-0.15, -0.1) is 0 Å². The van der Waals surface area contributed by atoms with Crippen LogP contribution in [0.4, 0.5) is 11.4 Å². The van der Waals surface area contributed by atoms with Gasteiger partial charge in [-0.3, -0.25) is 9.59 Å². The predicted molar refractivity (Wildman–Crippen MR) is 114 cm³/mol. The third-order valence-electron chi connectivity index (χ3n) is 5.82. The summed E-state index contributed by atoms with van der Waals surface area (Å²) in [7, 11) is 4.58. The molecular formula is C23H26N2O5. The molecule has 1 N–H and O–H groups in total. The lowest BCUT2D eigenvalue weighted by atomic mass is 10.1. The zero-order valence-corrected chi connectivity index (χ0v) is 17.5. The number of hydrogen-bond acceptors (Lipinski definition) is 5. The Morgan fingerprint density at radius 2 is 1.70 bits per heavy atom. The number of nitrogens with zero attached hydrogens (tertiary/aromatic N) is 1. The minimum absolute atomic E-state index is 0.113. The largest absolute Gasteiger partial charge is 0.493 e. The van der Waals surface area contributed by atoms with Gasteiger partial charge in [0.2, 0.25) is 17.6 Å². The monoisotopic (exact) mass is 410 g/mol. The van der Waals surface area contributed by atoms with Crippen molar-refractivity contribution in [3.05, 3.63) is 41.5 Å². The van der Waals surface area contributed by atoms with E-state index < -0.39 is 5.92 Å². The summed E-state index contributed by atoms with van der Waals surface area (Å²) in [6, 6.07) is 9.52. The highest BCUT2D eigenvalue weighted by Gasteiger charge is 2.36. The SMILES string of the molecule is COc1cc(N2C[C@@H](C(=O)Nc3ccc4c(c3)CCC4)CC2=O)cc(OC)c1OC. The summed E-state index contributed by atoms with van der Waals surface area (Å²) in [4.78, 5) is 27.1. The molecule has 0 spiro atoms. The Labute approximate surface area is 175 Å². The minimum Gasteiger partial charge on any atom is -0.493 e. The molecule has 4 rings (SSSR count). The fraction of sp³-hybridized carbons (Fsp3) is 0.391. The molecule has 7 heteroatoms. The van der Waals surface area contributed by atoms with E-state index in [4.69, 9.17) is 14.2 Å². The van der Waals surface area contributed by atoms with Crippen molar-refractivity contribution in [1.29, 1.82) is 0 Å². The zero-order chi connectivity index (χ0) is 21.3. The molecule has 0 saturated carbocycles. The summed E-state index contributed by atoms with van der Waals surface area (Å²) in [6.07, 6.45) is 3.47. The van der Waals surface area contributed by atoms with Gasteiger partial charge in [-0.05, 0) is 42.5 Å². The van der Waals surface area contributed by atoms with Crippen molar-refractivity contribution < 1.29 is 23.8 Å². The maximum absolute atomic E-state index is 12.8. The first-order chi connectivity index (χ1) is 14.5. The molecule has 1 heterocycles. The van der Waals surface area contributed by atoms with Gasteiger partial charge in [0.25, 0.3) is 0 Å². The average Bonchev–Trinajstić information content (AvgIpc) is 3.38. The number of methoxy groups -OCH3 is 3. The van der Waals surface area contributed by atoms with E-state index in [2.05, 4.69) is 11.4 Å². The molecule has 2 aliphatic rings. The quantitative estimate of drug-likeness (QED) is 0.791. The van der Waals surface area contributed by atoms with Gasteiger partial charge in [0.15, 0.2) is 11.5 Å². The minimum atomic E-state index is -0.426. The van der Waals surface area contributed by atoms with E-state index in [0.717, 1.165) is 24.9 Å². The Morgan fingerprint density at radius 1 is 1.00 bits per heavy atom. The van der Waals surface area contributed by atoms with Gasteiger partial charge in [0.1, 0.15) is 0 Å². The molecule has 1 atom stereocenters. The van der Waals surface area contributed by atoms with Gasteiger partial charge in [-0.1, -0.05) is 6.07 Å². The standard InChI is InChI=1S/C23H26N2O5/c1-28-19-11-18(12-20(29-2)22(19)30-3)25-13-16(10-21(25)26)23(27)24-17-8-7-14-5-4-6-15(14)9-17/h7-9,11-12,16H,4-6,10,13H2,1-3H3,(H,24,27)/t16-/m0/s1. The molecule has 1 aliphatic carbocycles. The number of fused-ring (bicyclic) bond motifs is 1. The highest BCUT2D eigenvalue weighted by Crippen LogP contribution is 2.42. The molecule has 2 aromatic carbocycles. The number of hydrogen-bond donors (Lipinski definition) is 1. The number of carbonyl (C=O) groups is 2. The topological polar surface area (TPSA) is 77.1 Å². The highest BCUT2D eigenvalue weighted by molar-refractivity contribution is 6.03. The van der Waals surface area contributed by atoms with Crippen molar-refractivity contribution in [2.45, 2.75) is 25.7 Å². The van der Waals surface area contributed by atoms with Crippen LogP contribution in [-0.2, 0) is 22.4 Å². The summed E-state index contributed by atoms with van der Waals surface area (Å²) in [5.74, 6) is 0.706. The Bertz CT molecular complexity index is 963. The van der Waals surface area contributed by atoms with Gasteiger partial charge >= 0.3 is 0 Å². The van der Waals surface area contributed by atoms with Crippen molar-refractivity contribution in [3.8, 4) is 17.2 Å². The van der Waals surface area contributed by atoms with Gasteiger partial charge in [0, 0.05) is 30.8 Å². The van der Waals surface area contributed by atoms with Crippen molar-refractivity contribution in [1.82, 2.24) is 0 Å². The van der Waals surface area contributed by atoms with Gasteiger partial charge in [-0.25, -0.2) is 0 Å². The molecule has 2 amide bonds. The van der Waals surface area contributed by atoms with Crippen molar-refractivity contribution in [2.75, 3.05) is 38.1 Å². The normalized spacial score (nSPS) is 17.6. The Morgan fingerprint density at radius 3 is 2.37 bits per heavy atom. The third kappa shape index (κ3) is 3.67. The van der Waals surface area contributed by atoms with Crippen LogP contribution in [0.1, 0.15) is 24.0 Å². The molecule has 0 unspecified atom stereocenters. The second-order valence-electron chi connectivity index (χ2n) is 7.62. The van der Waals surface area contributed by atoms with E-state index in [-0.39, 0.29) is 18.2 Å². The van der Waals surface area contributed by atoms with Gasteiger partial charge < -0.3 is 24.4 Å². The van der Waals surface area contributed by atoms with Crippen LogP contribution < -0.4 is 24.4 Å². The highest BCUT2D eigenvalue weighted by atomic mass is 16.5. The molecule has 1 saturated heterocycles. The molecule has 30 heavy (non-hydrogen) atoms. The molecule has 0 bridgehead atoms. The van der Waals surface area contributed by atoms with E-state index in [1.807, 2.05) is 12.1 Å². The van der Waals surface area contributed by atoms with Crippen LogP contribution in [0.5, 0.6) is 17.2 Å². The summed E-state index contributed by atoms with van der Waals surface area (Å²) < 4.78 is 16.1. The van der Waals surface area contributed by atoms with E-state index in [1.54, 1.807) is 17.0 Å². The average molecular weight is 410 g/mol. The fourth-order valence-corrected chi connectivity index (χ4v) is 4.25. The number of carbonyl (C=O) groups excluding carboxylic acids is 2. The summed E-state index contributed by atoms with van der Waals surface area (Å²) >= 11 is 0. The second kappa shape index (κ2) is 8.26. The van der Waals surface area contributed by atoms with E-state index in [0.29, 0.717) is 29.5 Å². The molecule has 1 fully saturated rings. The Hall–Kier alpha value is -3.22. The van der Waals surface area contributed by atoms with Gasteiger partial charge in [-0.2, -0.15) is 0 Å². The first kappa shape index (κ1) is 20.1. The lowest BCUT2D eigenvalue weighted by Crippen LogP contribution is -2.28. The van der Waals surface area contributed by atoms with Crippen LogP contribution in [0.3, 0.4) is 0 Å². The van der Waals surface area contributed by atoms with Crippen LogP contribution >= 0.6 is 0 Å². The van der Waals surface area contributed by atoms with Crippen LogP contribution in [0, 0.1) is 5.92 Å². The van der Waals surface area contributed by atoms with E-state index in [1.165, 1.54) is 32.5 Å². The van der Waals surface area contributed by atoms with Crippen molar-refractivity contribution in [3.63, 3.8) is 0 Å².